The minimum absolute atomic E-state index is 0.0995. The van der Waals surface area contributed by atoms with Crippen LogP contribution in [0.15, 0.2) is 47.8 Å². The highest BCUT2D eigenvalue weighted by atomic mass is 16.1. The molecule has 0 saturated heterocycles. The molecule has 1 atom stereocenters. The van der Waals surface area contributed by atoms with E-state index in [1.165, 1.54) is 5.69 Å². The van der Waals surface area contributed by atoms with E-state index in [2.05, 4.69) is 17.2 Å². The fourth-order valence-electron chi connectivity index (χ4n) is 2.57. The summed E-state index contributed by atoms with van der Waals surface area (Å²) >= 11 is 0. The molecular formula is C14H13NO. The minimum Gasteiger partial charge on any atom is -0.338 e. The first-order valence-corrected chi connectivity index (χ1v) is 5.57. The van der Waals surface area contributed by atoms with Crippen molar-refractivity contribution in [2.75, 3.05) is 0 Å². The summed E-state index contributed by atoms with van der Waals surface area (Å²) in [6.45, 7) is 3.87. The van der Waals surface area contributed by atoms with Gasteiger partial charge in [0.05, 0.1) is 11.7 Å². The van der Waals surface area contributed by atoms with Gasteiger partial charge in [0.25, 0.3) is 0 Å². The highest BCUT2D eigenvalue weighted by molar-refractivity contribution is 5.62. The molecule has 3 aliphatic rings. The first kappa shape index (κ1) is 9.40. The van der Waals surface area contributed by atoms with Crippen molar-refractivity contribution >= 4 is 0 Å². The van der Waals surface area contributed by atoms with E-state index in [4.69, 9.17) is 0 Å². The Hall–Kier alpha value is -1.83. The lowest BCUT2D eigenvalue weighted by atomic mass is 10.1. The molecule has 0 aromatic heterocycles. The van der Waals surface area contributed by atoms with E-state index in [0.717, 1.165) is 24.1 Å². The fraction of sp³-hybridized carbons (Fsp3) is 0.214. The normalized spacial score (nSPS) is 18.6. The number of allylic oxidation sites excluding steroid dienone is 1. The van der Waals surface area contributed by atoms with E-state index in [1.54, 1.807) is 6.07 Å². The molecule has 2 heterocycles. The summed E-state index contributed by atoms with van der Waals surface area (Å²) in [6, 6.07) is 9.80. The Morgan fingerprint density at radius 2 is 2.19 bits per heavy atom. The van der Waals surface area contributed by atoms with Gasteiger partial charge in [0.2, 0.25) is 0 Å². The van der Waals surface area contributed by atoms with E-state index >= 15 is 0 Å². The third-order valence-corrected chi connectivity index (χ3v) is 3.35. The van der Waals surface area contributed by atoms with Crippen LogP contribution >= 0.6 is 0 Å². The molecule has 2 nitrogen and oxygen atoms in total. The molecule has 2 heteroatoms. The average Bonchev–Trinajstić information content (AvgIpc) is 2.72. The molecule has 0 amide bonds. The molecular weight excluding hydrogens is 198 g/mol. The van der Waals surface area contributed by atoms with Crippen molar-refractivity contribution in [1.82, 2.24) is 4.57 Å². The summed E-state index contributed by atoms with van der Waals surface area (Å²) in [7, 11) is 0. The molecule has 0 aromatic carbocycles. The Balaban J connectivity index is 2.37. The number of benzene rings is 1. The highest BCUT2D eigenvalue weighted by Crippen LogP contribution is 2.33. The van der Waals surface area contributed by atoms with E-state index in [9.17, 15) is 4.79 Å². The predicted molar refractivity (Wildman–Crippen MR) is 64.9 cm³/mol. The number of pyridine rings is 1. The Bertz CT molecular complexity index is 582. The topological polar surface area (TPSA) is 22.0 Å². The van der Waals surface area contributed by atoms with Crippen LogP contribution < -0.4 is 5.43 Å². The molecule has 0 N–H and O–H groups in total. The van der Waals surface area contributed by atoms with Gasteiger partial charge < -0.3 is 4.57 Å². The standard InChI is InChI=1S/C14H13NO/c1-2-10-6-7-11-8-9-12-13(15(10)11)4-3-5-14(12)16/h2-5,8-10H,1,6-7H2/t10-/m1/s1. The number of aromatic nitrogens is 1. The summed E-state index contributed by atoms with van der Waals surface area (Å²) in [5.41, 5.74) is 3.23. The first-order valence-electron chi connectivity index (χ1n) is 5.57. The molecule has 80 valence electrons. The molecule has 0 unspecified atom stereocenters. The predicted octanol–water partition coefficient (Wildman–Crippen LogP) is 2.63. The largest absolute Gasteiger partial charge is 0.338 e. The third kappa shape index (κ3) is 1.16. The Kier molecular flexibility index (Phi) is 1.96. The summed E-state index contributed by atoms with van der Waals surface area (Å²) in [4.78, 5) is 11.7. The molecule has 0 spiro atoms. The van der Waals surface area contributed by atoms with Crippen LogP contribution in [0.5, 0.6) is 0 Å². The van der Waals surface area contributed by atoms with Gasteiger partial charge in [-0.15, -0.1) is 6.58 Å². The lowest BCUT2D eigenvalue weighted by molar-refractivity contribution is 0.645. The van der Waals surface area contributed by atoms with Crippen molar-refractivity contribution < 1.29 is 0 Å². The van der Waals surface area contributed by atoms with Gasteiger partial charge in [-0.1, -0.05) is 12.1 Å². The lowest BCUT2D eigenvalue weighted by Crippen LogP contribution is -2.12. The minimum atomic E-state index is 0.0995. The van der Waals surface area contributed by atoms with Crippen LogP contribution in [-0.2, 0) is 6.42 Å². The van der Waals surface area contributed by atoms with Gasteiger partial charge in [0, 0.05) is 11.3 Å². The SMILES string of the molecule is C=C[C@@H]1CCc2ccc3c(=O)cccc-3n21. The molecule has 0 bridgehead atoms. The zero-order valence-corrected chi connectivity index (χ0v) is 9.02. The van der Waals surface area contributed by atoms with Gasteiger partial charge in [0.1, 0.15) is 0 Å². The van der Waals surface area contributed by atoms with Crippen molar-refractivity contribution in [1.29, 1.82) is 0 Å². The van der Waals surface area contributed by atoms with Crippen LogP contribution in [0, 0.1) is 0 Å². The Labute approximate surface area is 94.2 Å². The first-order chi connectivity index (χ1) is 7.81. The number of nitrogens with zero attached hydrogens (tertiary/aromatic N) is 1. The van der Waals surface area contributed by atoms with Crippen LogP contribution in [0.3, 0.4) is 0 Å². The number of fused-ring (bicyclic) bond motifs is 3. The zero-order chi connectivity index (χ0) is 11.1. The molecule has 0 radical (unpaired) electrons. The highest BCUT2D eigenvalue weighted by Gasteiger charge is 2.22. The van der Waals surface area contributed by atoms with Crippen molar-refractivity contribution in [3.8, 4) is 11.3 Å². The second-order valence-electron chi connectivity index (χ2n) is 4.23. The van der Waals surface area contributed by atoms with Crippen LogP contribution in [0.25, 0.3) is 11.3 Å². The smallest absolute Gasteiger partial charge is 0.187 e. The van der Waals surface area contributed by atoms with Gasteiger partial charge in [-0.2, -0.15) is 0 Å². The van der Waals surface area contributed by atoms with Crippen molar-refractivity contribution in [3.05, 3.63) is 58.9 Å². The van der Waals surface area contributed by atoms with Crippen LogP contribution in [0.4, 0.5) is 0 Å². The summed E-state index contributed by atoms with van der Waals surface area (Å²) in [5, 5.41) is 0. The second kappa shape index (κ2) is 3.34. The molecule has 0 fully saturated rings. The summed E-state index contributed by atoms with van der Waals surface area (Å²) in [6.07, 6.45) is 4.12. The van der Waals surface area contributed by atoms with Gasteiger partial charge in [-0.05, 0) is 37.1 Å². The molecule has 0 aromatic rings. The number of hydrogen-bond donors (Lipinski definition) is 0. The zero-order valence-electron chi connectivity index (χ0n) is 9.02. The number of rotatable bonds is 1. The van der Waals surface area contributed by atoms with Crippen molar-refractivity contribution in [2.45, 2.75) is 18.9 Å². The van der Waals surface area contributed by atoms with Crippen molar-refractivity contribution in [3.63, 3.8) is 0 Å². The molecule has 16 heavy (non-hydrogen) atoms. The molecule has 0 saturated carbocycles. The number of aryl methyl sites for hydroxylation is 1. The maximum atomic E-state index is 11.7. The van der Waals surface area contributed by atoms with Crippen molar-refractivity contribution in [2.24, 2.45) is 0 Å². The second-order valence-corrected chi connectivity index (χ2v) is 4.23. The van der Waals surface area contributed by atoms with Crippen LogP contribution in [-0.4, -0.2) is 4.57 Å². The molecule has 2 aliphatic heterocycles. The van der Waals surface area contributed by atoms with Gasteiger partial charge in [-0.3, -0.25) is 4.79 Å². The summed E-state index contributed by atoms with van der Waals surface area (Å²) in [5.74, 6) is 0. The monoisotopic (exact) mass is 211 g/mol. The molecule has 3 rings (SSSR count). The van der Waals surface area contributed by atoms with Crippen LogP contribution in [0.2, 0.25) is 0 Å². The average molecular weight is 211 g/mol. The maximum Gasteiger partial charge on any atom is 0.187 e. The lowest BCUT2D eigenvalue weighted by Gasteiger charge is -2.18. The fourth-order valence-corrected chi connectivity index (χ4v) is 2.57. The summed E-state index contributed by atoms with van der Waals surface area (Å²) < 4.78 is 2.24. The third-order valence-electron chi connectivity index (χ3n) is 3.35. The van der Waals surface area contributed by atoms with E-state index in [-0.39, 0.29) is 5.43 Å². The van der Waals surface area contributed by atoms with Gasteiger partial charge in [0.15, 0.2) is 5.43 Å². The Morgan fingerprint density at radius 3 is 3.00 bits per heavy atom. The van der Waals surface area contributed by atoms with Gasteiger partial charge in [-0.25, -0.2) is 0 Å². The quantitative estimate of drug-likeness (QED) is 0.665. The van der Waals surface area contributed by atoms with E-state index < -0.39 is 0 Å². The molecule has 1 aliphatic carbocycles. The van der Waals surface area contributed by atoms with Crippen LogP contribution in [0.1, 0.15) is 18.2 Å². The Morgan fingerprint density at radius 1 is 1.31 bits per heavy atom. The number of hydrogen-bond acceptors (Lipinski definition) is 1. The van der Waals surface area contributed by atoms with E-state index in [0.29, 0.717) is 6.04 Å². The van der Waals surface area contributed by atoms with Gasteiger partial charge >= 0.3 is 0 Å². The maximum absolute atomic E-state index is 11.7. The van der Waals surface area contributed by atoms with E-state index in [1.807, 2.05) is 24.3 Å².